The van der Waals surface area contributed by atoms with Crippen molar-refractivity contribution in [2.75, 3.05) is 39.5 Å². The van der Waals surface area contributed by atoms with Crippen molar-refractivity contribution in [1.82, 2.24) is 4.90 Å². The van der Waals surface area contributed by atoms with Crippen LogP contribution in [-0.2, 0) is 4.79 Å². The molecule has 0 fully saturated rings. The normalized spacial score (nSPS) is 12.5. The molecular formula is C24H51NO11. The quantitative estimate of drug-likeness (QED) is 0.0631. The third kappa shape index (κ3) is 15.4. The molecule has 0 atom stereocenters. The van der Waals surface area contributed by atoms with E-state index in [-0.39, 0.29) is 26.2 Å². The van der Waals surface area contributed by atoms with Crippen LogP contribution >= 0.6 is 0 Å². The van der Waals surface area contributed by atoms with Crippen LogP contribution in [-0.4, -0.2) is 119 Å². The lowest BCUT2D eigenvalue weighted by Gasteiger charge is -2.40. The second kappa shape index (κ2) is 21.1. The topological polar surface area (TPSA) is 223 Å². The summed E-state index contributed by atoms with van der Waals surface area (Å²) in [7, 11) is 0. The number of aliphatic hydroxyl groups is 9. The van der Waals surface area contributed by atoms with E-state index in [1.165, 1.54) is 38.5 Å². The third-order valence-electron chi connectivity index (χ3n) is 5.97. The van der Waals surface area contributed by atoms with Crippen molar-refractivity contribution in [3.63, 3.8) is 0 Å². The van der Waals surface area contributed by atoms with E-state index in [1.807, 2.05) is 0 Å². The zero-order chi connectivity index (χ0) is 28.1. The summed E-state index contributed by atoms with van der Waals surface area (Å²) in [6.07, 6.45) is 11.7. The number of hydrogen-bond donors (Lipinski definition) is 10. The minimum absolute atomic E-state index is 0.0694. The van der Waals surface area contributed by atoms with Gasteiger partial charge >= 0.3 is 11.8 Å². The molecule has 0 aliphatic carbocycles. The van der Waals surface area contributed by atoms with Crippen LogP contribution in [0.1, 0.15) is 90.4 Å². The Kier molecular flexibility index (Phi) is 21.8. The number of carboxylic acid groups (broad SMARTS) is 1. The van der Waals surface area contributed by atoms with Gasteiger partial charge in [0, 0.05) is 26.1 Å². The Labute approximate surface area is 214 Å². The van der Waals surface area contributed by atoms with E-state index in [9.17, 15) is 35.4 Å². The first kappa shape index (κ1) is 37.2. The molecule has 0 rings (SSSR count). The first-order valence-corrected chi connectivity index (χ1v) is 13.0. The van der Waals surface area contributed by atoms with Gasteiger partial charge < -0.3 is 51.1 Å². The molecule has 0 saturated heterocycles. The van der Waals surface area contributed by atoms with Gasteiger partial charge in [-0.05, 0) is 6.42 Å². The van der Waals surface area contributed by atoms with Gasteiger partial charge in [0.1, 0.15) is 0 Å². The number of nitrogens with zero attached hydrogens (tertiary/aromatic N) is 1. The van der Waals surface area contributed by atoms with Gasteiger partial charge in [0.05, 0.1) is 19.8 Å². The highest BCUT2D eigenvalue weighted by Crippen LogP contribution is 2.32. The van der Waals surface area contributed by atoms with Crippen molar-refractivity contribution in [3.8, 4) is 0 Å². The number of unbranched alkanes of at least 4 members (excludes halogenated alkanes) is 11. The summed E-state index contributed by atoms with van der Waals surface area (Å²) in [5, 5.41) is 90.7. The van der Waals surface area contributed by atoms with Gasteiger partial charge in [-0.15, -0.1) is 0 Å². The lowest BCUT2D eigenvalue weighted by atomic mass is 9.91. The molecule has 218 valence electrons. The lowest BCUT2D eigenvalue weighted by Crippen LogP contribution is -2.71. The standard InChI is InChI=1S/C18H36O8.C6H15NO3/c1-2-3-4-5-6-7-8-9-10-11-12-13-14-16(21,22)18(25,26)17(23,24)15(19)20;8-4-1-7(2-5-9)3-6-10/h21-26H,2-14H2,1H3,(H,19,20);8-10H,1-6H2. The molecule has 0 radical (unpaired) electrons. The fourth-order valence-electron chi connectivity index (χ4n) is 3.57. The van der Waals surface area contributed by atoms with Crippen LogP contribution in [0, 0.1) is 0 Å². The molecule has 0 bridgehead atoms. The van der Waals surface area contributed by atoms with E-state index in [0.29, 0.717) is 26.1 Å². The number of aliphatic hydroxyl groups excluding tert-OH is 3. The SMILES string of the molecule is CCCCCCCCCCCCCCC(O)(O)C(O)(O)C(O)(O)C(=O)O.OCCN(CCO)CCO. The minimum Gasteiger partial charge on any atom is -0.477 e. The predicted octanol–water partition coefficient (Wildman–Crippen LogP) is -0.530. The van der Waals surface area contributed by atoms with E-state index >= 15 is 0 Å². The molecule has 0 unspecified atom stereocenters. The van der Waals surface area contributed by atoms with E-state index in [2.05, 4.69) is 6.92 Å². The first-order chi connectivity index (χ1) is 16.9. The largest absolute Gasteiger partial charge is 0.477 e. The molecule has 0 aromatic rings. The van der Waals surface area contributed by atoms with Crippen molar-refractivity contribution >= 4 is 5.97 Å². The van der Waals surface area contributed by atoms with Gasteiger partial charge in [-0.25, -0.2) is 4.79 Å². The van der Waals surface area contributed by atoms with Crippen LogP contribution in [0.15, 0.2) is 0 Å². The van der Waals surface area contributed by atoms with Crippen LogP contribution in [0.4, 0.5) is 0 Å². The number of carbonyl (C=O) groups is 1. The average molecular weight is 530 g/mol. The zero-order valence-corrected chi connectivity index (χ0v) is 21.8. The fraction of sp³-hybridized carbons (Fsp3) is 0.958. The zero-order valence-electron chi connectivity index (χ0n) is 21.8. The molecule has 0 saturated carbocycles. The minimum atomic E-state index is -4.10. The van der Waals surface area contributed by atoms with E-state index in [4.69, 9.17) is 20.4 Å². The van der Waals surface area contributed by atoms with Crippen LogP contribution in [0.2, 0.25) is 0 Å². The number of aliphatic carboxylic acids is 1. The Morgan fingerprint density at radius 2 is 0.944 bits per heavy atom. The molecular weight excluding hydrogens is 478 g/mol. The number of carboxylic acids is 1. The van der Waals surface area contributed by atoms with Crippen molar-refractivity contribution in [2.45, 2.75) is 108 Å². The summed E-state index contributed by atoms with van der Waals surface area (Å²) in [5.74, 6) is -13.9. The second-order valence-electron chi connectivity index (χ2n) is 9.12. The van der Waals surface area contributed by atoms with E-state index in [0.717, 1.165) is 25.7 Å². The van der Waals surface area contributed by atoms with Crippen LogP contribution in [0.5, 0.6) is 0 Å². The second-order valence-corrected chi connectivity index (χ2v) is 9.12. The van der Waals surface area contributed by atoms with Gasteiger partial charge in [0.2, 0.25) is 5.79 Å². The number of hydrogen-bond acceptors (Lipinski definition) is 11. The molecule has 0 aliphatic rings. The van der Waals surface area contributed by atoms with Crippen LogP contribution < -0.4 is 0 Å². The van der Waals surface area contributed by atoms with Gasteiger partial charge in [-0.1, -0.05) is 77.6 Å². The molecule has 10 N–H and O–H groups in total. The maximum Gasteiger partial charge on any atom is 0.370 e. The number of rotatable bonds is 22. The molecule has 36 heavy (non-hydrogen) atoms. The molecule has 0 spiro atoms. The van der Waals surface area contributed by atoms with Crippen molar-refractivity contribution in [2.24, 2.45) is 0 Å². The summed E-state index contributed by atoms with van der Waals surface area (Å²) < 4.78 is 0. The van der Waals surface area contributed by atoms with Gasteiger partial charge in [-0.3, -0.25) is 4.90 Å². The average Bonchev–Trinajstić information content (AvgIpc) is 2.80. The van der Waals surface area contributed by atoms with Crippen molar-refractivity contribution < 1.29 is 55.9 Å². The Morgan fingerprint density at radius 3 is 1.25 bits per heavy atom. The fourth-order valence-corrected chi connectivity index (χ4v) is 3.57. The summed E-state index contributed by atoms with van der Waals surface area (Å²) in [4.78, 5) is 12.4. The summed E-state index contributed by atoms with van der Waals surface area (Å²) >= 11 is 0. The molecule has 0 amide bonds. The van der Waals surface area contributed by atoms with Gasteiger partial charge in [-0.2, -0.15) is 0 Å². The smallest absolute Gasteiger partial charge is 0.370 e. The first-order valence-electron chi connectivity index (χ1n) is 13.0. The molecule has 0 aromatic heterocycles. The van der Waals surface area contributed by atoms with Gasteiger partial charge in [0.25, 0.3) is 5.79 Å². The van der Waals surface area contributed by atoms with Crippen LogP contribution in [0.25, 0.3) is 0 Å². The summed E-state index contributed by atoms with van der Waals surface area (Å²) in [6.45, 7) is 3.94. The maximum absolute atomic E-state index is 10.6. The molecule has 0 aromatic carbocycles. The predicted molar refractivity (Wildman–Crippen MR) is 133 cm³/mol. The summed E-state index contributed by atoms with van der Waals surface area (Å²) in [6, 6.07) is 0. The highest BCUT2D eigenvalue weighted by atomic mass is 16.7. The summed E-state index contributed by atoms with van der Waals surface area (Å²) in [5.41, 5.74) is 0. The Hall–Kier alpha value is -0.930. The monoisotopic (exact) mass is 529 g/mol. The van der Waals surface area contributed by atoms with Gasteiger partial charge in [0.15, 0.2) is 0 Å². The molecule has 0 aliphatic heterocycles. The maximum atomic E-state index is 10.6. The molecule has 0 heterocycles. The Bertz CT molecular complexity index is 516. The Balaban J connectivity index is 0. The Morgan fingerprint density at radius 1 is 0.611 bits per heavy atom. The van der Waals surface area contributed by atoms with Crippen molar-refractivity contribution in [1.29, 1.82) is 0 Å². The van der Waals surface area contributed by atoms with Crippen LogP contribution in [0.3, 0.4) is 0 Å². The third-order valence-corrected chi connectivity index (χ3v) is 5.97. The van der Waals surface area contributed by atoms with Crippen molar-refractivity contribution in [3.05, 3.63) is 0 Å². The molecule has 12 heteroatoms. The van der Waals surface area contributed by atoms with E-state index in [1.54, 1.807) is 4.90 Å². The molecule has 12 nitrogen and oxygen atoms in total. The highest BCUT2D eigenvalue weighted by molar-refractivity contribution is 5.76. The van der Waals surface area contributed by atoms with E-state index < -0.39 is 29.8 Å². The highest BCUT2D eigenvalue weighted by Gasteiger charge is 2.65. The lowest BCUT2D eigenvalue weighted by molar-refractivity contribution is -0.441.